The van der Waals surface area contributed by atoms with Crippen molar-refractivity contribution >= 4 is 16.9 Å². The molecular weight excluding hydrogens is 326 g/mol. The fraction of sp³-hybridized carbons (Fsp3) is 0.333. The smallest absolute Gasteiger partial charge is 0.224 e. The average Bonchev–Trinajstić information content (AvgIpc) is 2.96. The first-order chi connectivity index (χ1) is 12.7. The van der Waals surface area contributed by atoms with Crippen molar-refractivity contribution in [3.8, 4) is 5.75 Å². The molecular formula is C21H25N3O2. The largest absolute Gasteiger partial charge is 0.494 e. The number of aromatic nitrogens is 2. The molecule has 136 valence electrons. The Morgan fingerprint density at radius 3 is 2.69 bits per heavy atom. The molecule has 1 aromatic heterocycles. The van der Waals surface area contributed by atoms with E-state index in [0.717, 1.165) is 41.1 Å². The summed E-state index contributed by atoms with van der Waals surface area (Å²) in [6, 6.07) is 15.8. The number of ether oxygens (including phenoxy) is 1. The number of para-hydroxylation sites is 2. The van der Waals surface area contributed by atoms with Crippen LogP contribution < -0.4 is 10.1 Å². The quantitative estimate of drug-likeness (QED) is 0.632. The van der Waals surface area contributed by atoms with Crippen molar-refractivity contribution in [3.05, 3.63) is 59.9 Å². The molecule has 0 bridgehead atoms. The highest BCUT2D eigenvalue weighted by Crippen LogP contribution is 2.15. The predicted molar refractivity (Wildman–Crippen MR) is 103 cm³/mol. The Bertz CT molecular complexity index is 869. The van der Waals surface area contributed by atoms with E-state index < -0.39 is 0 Å². The molecule has 0 atom stereocenters. The van der Waals surface area contributed by atoms with Crippen molar-refractivity contribution in [2.24, 2.45) is 0 Å². The molecule has 1 N–H and O–H groups in total. The number of carbonyl (C=O) groups excluding carboxylic acids is 1. The van der Waals surface area contributed by atoms with E-state index in [9.17, 15) is 4.79 Å². The fourth-order valence-corrected chi connectivity index (χ4v) is 3.06. The normalized spacial score (nSPS) is 10.8. The maximum atomic E-state index is 12.1. The standard InChI is InChI=1S/C21H25N3O2/c1-3-26-18-11-9-17(10-12-18)15-21(25)22-13-6-14-24-16(2)23-19-7-4-5-8-20(19)24/h4-5,7-12H,3,6,13-15H2,1-2H3,(H,22,25). The third kappa shape index (κ3) is 4.42. The third-order valence-corrected chi connectivity index (χ3v) is 4.33. The number of carbonyl (C=O) groups is 1. The van der Waals surface area contributed by atoms with E-state index in [1.165, 1.54) is 0 Å². The van der Waals surface area contributed by atoms with Crippen LogP contribution in [0.4, 0.5) is 0 Å². The molecule has 1 amide bonds. The van der Waals surface area contributed by atoms with Crippen molar-refractivity contribution in [1.29, 1.82) is 0 Å². The summed E-state index contributed by atoms with van der Waals surface area (Å²) >= 11 is 0. The molecule has 3 aromatic rings. The zero-order chi connectivity index (χ0) is 18.4. The minimum absolute atomic E-state index is 0.0429. The van der Waals surface area contributed by atoms with Crippen LogP contribution in [-0.4, -0.2) is 28.6 Å². The van der Waals surface area contributed by atoms with Crippen molar-refractivity contribution in [2.75, 3.05) is 13.2 Å². The molecule has 3 rings (SSSR count). The van der Waals surface area contributed by atoms with Gasteiger partial charge in [-0.15, -0.1) is 0 Å². The number of nitrogens with zero attached hydrogens (tertiary/aromatic N) is 2. The molecule has 0 fully saturated rings. The molecule has 0 radical (unpaired) electrons. The minimum atomic E-state index is 0.0429. The summed E-state index contributed by atoms with van der Waals surface area (Å²) in [6.07, 6.45) is 1.26. The lowest BCUT2D eigenvalue weighted by atomic mass is 10.1. The van der Waals surface area contributed by atoms with Crippen molar-refractivity contribution in [2.45, 2.75) is 33.2 Å². The molecule has 0 spiro atoms. The van der Waals surface area contributed by atoms with E-state index in [1.807, 2.05) is 56.3 Å². The Hall–Kier alpha value is -2.82. The average molecular weight is 351 g/mol. The van der Waals surface area contributed by atoms with Gasteiger partial charge < -0.3 is 14.6 Å². The number of hydrogen-bond donors (Lipinski definition) is 1. The molecule has 0 aliphatic rings. The maximum absolute atomic E-state index is 12.1. The number of benzene rings is 2. The Morgan fingerprint density at radius 2 is 1.92 bits per heavy atom. The number of aryl methyl sites for hydroxylation is 2. The highest BCUT2D eigenvalue weighted by atomic mass is 16.5. The van der Waals surface area contributed by atoms with Crippen molar-refractivity contribution < 1.29 is 9.53 Å². The lowest BCUT2D eigenvalue weighted by molar-refractivity contribution is -0.120. The van der Waals surface area contributed by atoms with E-state index in [2.05, 4.69) is 20.9 Å². The Morgan fingerprint density at radius 1 is 1.15 bits per heavy atom. The summed E-state index contributed by atoms with van der Waals surface area (Å²) in [4.78, 5) is 16.7. The third-order valence-electron chi connectivity index (χ3n) is 4.33. The van der Waals surface area contributed by atoms with E-state index in [4.69, 9.17) is 4.74 Å². The highest BCUT2D eigenvalue weighted by Gasteiger charge is 2.07. The van der Waals surface area contributed by atoms with Gasteiger partial charge in [0.1, 0.15) is 11.6 Å². The molecule has 2 aromatic carbocycles. The van der Waals surface area contributed by atoms with Crippen LogP contribution in [0.15, 0.2) is 48.5 Å². The van der Waals surface area contributed by atoms with Gasteiger partial charge in [-0.05, 0) is 50.1 Å². The van der Waals surface area contributed by atoms with Gasteiger partial charge >= 0.3 is 0 Å². The monoisotopic (exact) mass is 351 g/mol. The number of nitrogens with one attached hydrogen (secondary N) is 1. The molecule has 0 aliphatic carbocycles. The molecule has 5 heteroatoms. The van der Waals surface area contributed by atoms with Crippen LogP contribution in [0.1, 0.15) is 24.7 Å². The summed E-state index contributed by atoms with van der Waals surface area (Å²) in [5, 5.41) is 3.00. The summed E-state index contributed by atoms with van der Waals surface area (Å²) in [5.74, 6) is 1.88. The summed E-state index contributed by atoms with van der Waals surface area (Å²) < 4.78 is 7.62. The summed E-state index contributed by atoms with van der Waals surface area (Å²) in [5.41, 5.74) is 3.15. The second kappa shape index (κ2) is 8.52. The van der Waals surface area contributed by atoms with Crippen LogP contribution in [-0.2, 0) is 17.8 Å². The minimum Gasteiger partial charge on any atom is -0.494 e. The first kappa shape index (κ1) is 18.0. The molecule has 26 heavy (non-hydrogen) atoms. The van der Waals surface area contributed by atoms with Crippen LogP contribution in [0.25, 0.3) is 11.0 Å². The van der Waals surface area contributed by atoms with Gasteiger partial charge in [0.05, 0.1) is 24.1 Å². The Labute approximate surface area is 154 Å². The number of fused-ring (bicyclic) bond motifs is 1. The summed E-state index contributed by atoms with van der Waals surface area (Å²) in [6.45, 7) is 6.11. The van der Waals surface area contributed by atoms with E-state index >= 15 is 0 Å². The van der Waals surface area contributed by atoms with Crippen LogP contribution >= 0.6 is 0 Å². The number of imidazole rings is 1. The van der Waals surface area contributed by atoms with Gasteiger partial charge in [-0.1, -0.05) is 24.3 Å². The predicted octanol–water partition coefficient (Wildman–Crippen LogP) is 3.49. The number of hydrogen-bond acceptors (Lipinski definition) is 3. The van der Waals surface area contributed by atoms with Crippen LogP contribution in [0.3, 0.4) is 0 Å². The zero-order valence-electron chi connectivity index (χ0n) is 15.4. The van der Waals surface area contributed by atoms with Gasteiger partial charge in [0.15, 0.2) is 0 Å². The van der Waals surface area contributed by atoms with Gasteiger partial charge in [-0.2, -0.15) is 0 Å². The zero-order valence-corrected chi connectivity index (χ0v) is 15.4. The topological polar surface area (TPSA) is 56.1 Å². The van der Waals surface area contributed by atoms with E-state index in [1.54, 1.807) is 0 Å². The van der Waals surface area contributed by atoms with Crippen LogP contribution in [0.2, 0.25) is 0 Å². The number of amides is 1. The Kier molecular flexibility index (Phi) is 5.89. The lowest BCUT2D eigenvalue weighted by Gasteiger charge is -2.09. The SMILES string of the molecule is CCOc1ccc(CC(=O)NCCCn2c(C)nc3ccccc32)cc1. The van der Waals surface area contributed by atoms with Gasteiger partial charge in [-0.3, -0.25) is 4.79 Å². The highest BCUT2D eigenvalue weighted by molar-refractivity contribution is 5.78. The van der Waals surface area contributed by atoms with Gasteiger partial charge in [0, 0.05) is 13.1 Å². The molecule has 0 unspecified atom stereocenters. The van der Waals surface area contributed by atoms with Gasteiger partial charge in [0.25, 0.3) is 0 Å². The molecule has 0 saturated heterocycles. The lowest BCUT2D eigenvalue weighted by Crippen LogP contribution is -2.26. The number of rotatable bonds is 8. The fourth-order valence-electron chi connectivity index (χ4n) is 3.06. The summed E-state index contributed by atoms with van der Waals surface area (Å²) in [7, 11) is 0. The van der Waals surface area contributed by atoms with Crippen LogP contribution in [0.5, 0.6) is 5.75 Å². The second-order valence-corrected chi connectivity index (χ2v) is 6.26. The first-order valence-electron chi connectivity index (χ1n) is 9.07. The first-order valence-corrected chi connectivity index (χ1v) is 9.07. The second-order valence-electron chi connectivity index (χ2n) is 6.26. The van der Waals surface area contributed by atoms with Crippen molar-refractivity contribution in [1.82, 2.24) is 14.9 Å². The van der Waals surface area contributed by atoms with E-state index in [-0.39, 0.29) is 5.91 Å². The van der Waals surface area contributed by atoms with Gasteiger partial charge in [-0.25, -0.2) is 4.98 Å². The van der Waals surface area contributed by atoms with Crippen LogP contribution in [0, 0.1) is 6.92 Å². The Balaban J connectivity index is 1.45. The van der Waals surface area contributed by atoms with Gasteiger partial charge in [0.2, 0.25) is 5.91 Å². The van der Waals surface area contributed by atoms with Crippen molar-refractivity contribution in [3.63, 3.8) is 0 Å². The maximum Gasteiger partial charge on any atom is 0.224 e. The molecule has 5 nitrogen and oxygen atoms in total. The van der Waals surface area contributed by atoms with E-state index in [0.29, 0.717) is 19.6 Å². The molecule has 0 saturated carbocycles. The molecule has 0 aliphatic heterocycles. The molecule has 1 heterocycles.